The molecule has 1 aliphatic rings. The molecule has 0 spiro atoms. The molecule has 0 radical (unpaired) electrons. The smallest absolute Gasteiger partial charge is 0.335 e. The Morgan fingerprint density at radius 3 is 2.38 bits per heavy atom. The number of halogens is 3. The normalized spacial score (nSPS) is 13.6. The fraction of sp³-hybridized carbons (Fsp3) is 0.207. The number of carbonyl (C=O) groups excluding carboxylic acids is 2. The van der Waals surface area contributed by atoms with E-state index in [-0.39, 0.29) is 17.3 Å². The van der Waals surface area contributed by atoms with Crippen LogP contribution in [0.2, 0.25) is 0 Å². The highest BCUT2D eigenvalue weighted by atomic mass is 19.4. The number of amides is 2. The van der Waals surface area contributed by atoms with Gasteiger partial charge in [-0.3, -0.25) is 14.6 Å². The van der Waals surface area contributed by atoms with Crippen molar-refractivity contribution < 1.29 is 22.8 Å². The molecule has 4 aromatic rings. The quantitative estimate of drug-likeness (QED) is 0.358. The van der Waals surface area contributed by atoms with E-state index in [1.54, 1.807) is 30.2 Å². The number of nitrogens with zero attached hydrogens (tertiary/aromatic N) is 5. The minimum absolute atomic E-state index is 0.00800. The Morgan fingerprint density at radius 1 is 0.975 bits per heavy atom. The van der Waals surface area contributed by atoms with Gasteiger partial charge in [0.1, 0.15) is 0 Å². The van der Waals surface area contributed by atoms with Gasteiger partial charge in [-0.05, 0) is 61.7 Å². The number of anilines is 1. The molecule has 11 heteroatoms. The monoisotopic (exact) mass is 546 g/mol. The molecule has 1 aliphatic heterocycles. The van der Waals surface area contributed by atoms with Crippen LogP contribution in [0.15, 0.2) is 73.2 Å². The number of alkyl halides is 3. The van der Waals surface area contributed by atoms with Gasteiger partial charge in [0.05, 0.1) is 40.6 Å². The largest absolute Gasteiger partial charge is 0.417 e. The summed E-state index contributed by atoms with van der Waals surface area (Å²) in [6.07, 6.45) is 1.81. The second-order valence-electron chi connectivity index (χ2n) is 9.40. The summed E-state index contributed by atoms with van der Waals surface area (Å²) in [5.41, 5.74) is 3.67. The molecule has 40 heavy (non-hydrogen) atoms. The molecule has 0 bridgehead atoms. The number of carbonyl (C=O) groups is 2. The number of pyridine rings is 2. The van der Waals surface area contributed by atoms with Crippen molar-refractivity contribution in [2.75, 3.05) is 18.4 Å². The molecule has 8 nitrogen and oxygen atoms in total. The average Bonchev–Trinajstić information content (AvgIpc) is 3.34. The van der Waals surface area contributed by atoms with Crippen LogP contribution >= 0.6 is 0 Å². The Balaban J connectivity index is 1.26. The maximum absolute atomic E-state index is 13.0. The van der Waals surface area contributed by atoms with Crippen LogP contribution in [0.3, 0.4) is 0 Å². The number of hydrogen-bond donors (Lipinski definition) is 1. The van der Waals surface area contributed by atoms with Crippen molar-refractivity contribution in [2.45, 2.75) is 26.4 Å². The van der Waals surface area contributed by atoms with E-state index in [0.29, 0.717) is 36.5 Å². The van der Waals surface area contributed by atoms with Crippen LogP contribution in [0.1, 0.15) is 49.7 Å². The van der Waals surface area contributed by atoms with Crippen molar-refractivity contribution >= 4 is 23.1 Å². The first-order chi connectivity index (χ1) is 19.1. The summed E-state index contributed by atoms with van der Waals surface area (Å²) >= 11 is 0. The van der Waals surface area contributed by atoms with E-state index in [9.17, 15) is 22.8 Å². The van der Waals surface area contributed by atoms with Crippen LogP contribution in [-0.2, 0) is 6.18 Å². The van der Waals surface area contributed by atoms with Gasteiger partial charge >= 0.3 is 6.18 Å². The number of benzene rings is 1. The molecule has 0 saturated carbocycles. The molecule has 0 aliphatic carbocycles. The second-order valence-corrected chi connectivity index (χ2v) is 9.40. The third kappa shape index (κ3) is 5.49. The van der Waals surface area contributed by atoms with E-state index >= 15 is 0 Å². The Bertz CT molecular complexity index is 1590. The summed E-state index contributed by atoms with van der Waals surface area (Å²) in [6.45, 7) is 4.60. The molecule has 5 rings (SSSR count). The summed E-state index contributed by atoms with van der Waals surface area (Å²) < 4.78 is 39.8. The molecule has 1 N–H and O–H groups in total. The molecule has 0 unspecified atom stereocenters. The Morgan fingerprint density at radius 2 is 1.75 bits per heavy atom. The zero-order chi connectivity index (χ0) is 28.4. The Kier molecular flexibility index (Phi) is 7.20. The highest BCUT2D eigenvalue weighted by Crippen LogP contribution is 2.29. The molecule has 4 heterocycles. The number of nitrogens with one attached hydrogen (secondary N) is 1. The van der Waals surface area contributed by atoms with E-state index in [1.165, 1.54) is 16.9 Å². The van der Waals surface area contributed by atoms with Crippen LogP contribution in [0, 0.1) is 13.8 Å². The lowest BCUT2D eigenvalue weighted by Crippen LogP contribution is -2.34. The zero-order valence-electron chi connectivity index (χ0n) is 21.7. The molecular weight excluding hydrogens is 521 g/mol. The van der Waals surface area contributed by atoms with Crippen LogP contribution in [0.5, 0.6) is 0 Å². The van der Waals surface area contributed by atoms with E-state index < -0.39 is 17.6 Å². The summed E-state index contributed by atoms with van der Waals surface area (Å²) in [6, 6.07) is 13.1. The topological polar surface area (TPSA) is 93.0 Å². The molecule has 0 saturated heterocycles. The van der Waals surface area contributed by atoms with Gasteiger partial charge in [0, 0.05) is 24.8 Å². The average molecular weight is 547 g/mol. The number of hydrogen-bond acceptors (Lipinski definition) is 5. The number of rotatable bonds is 5. The molecule has 2 amide bonds. The van der Waals surface area contributed by atoms with Gasteiger partial charge in [0.2, 0.25) is 0 Å². The third-order valence-corrected chi connectivity index (χ3v) is 6.70. The van der Waals surface area contributed by atoms with Crippen molar-refractivity contribution in [1.82, 2.24) is 24.6 Å². The SMILES string of the molecule is Cc1cc(NC(=O)c2cnn(-c3ccc(C(F)(F)F)cn3)c2C)cnc1C1=CCN(C(=O)c2ccccc2)CC1. The van der Waals surface area contributed by atoms with Gasteiger partial charge in [0.25, 0.3) is 11.8 Å². The van der Waals surface area contributed by atoms with Crippen molar-refractivity contribution in [3.8, 4) is 5.82 Å². The third-order valence-electron chi connectivity index (χ3n) is 6.70. The van der Waals surface area contributed by atoms with Crippen LogP contribution < -0.4 is 5.32 Å². The van der Waals surface area contributed by atoms with E-state index in [1.807, 2.05) is 37.3 Å². The fourth-order valence-corrected chi connectivity index (χ4v) is 4.55. The first-order valence-corrected chi connectivity index (χ1v) is 12.5. The first kappa shape index (κ1) is 26.8. The highest BCUT2D eigenvalue weighted by Gasteiger charge is 2.31. The first-order valence-electron chi connectivity index (χ1n) is 12.5. The second kappa shape index (κ2) is 10.8. The van der Waals surface area contributed by atoms with Crippen LogP contribution in [0.4, 0.5) is 18.9 Å². The number of aromatic nitrogens is 4. The molecule has 1 aromatic carbocycles. The standard InChI is InChI=1S/C29H25F3N6O2/c1-18-14-23(16-34-26(18)20-10-12-37(13-11-20)28(40)21-6-4-3-5-7-21)36-27(39)24-17-35-38(19(24)2)25-9-8-22(15-33-25)29(30,31)32/h3-10,14-17H,11-13H2,1-2H3,(H,36,39). The van der Waals surface area contributed by atoms with E-state index in [4.69, 9.17) is 0 Å². The maximum atomic E-state index is 13.0. The molecule has 0 fully saturated rings. The predicted molar refractivity (Wildman–Crippen MR) is 143 cm³/mol. The summed E-state index contributed by atoms with van der Waals surface area (Å²) in [7, 11) is 0. The molecule has 3 aromatic heterocycles. The molecular formula is C29H25F3N6O2. The maximum Gasteiger partial charge on any atom is 0.417 e. The summed E-state index contributed by atoms with van der Waals surface area (Å²) in [5.74, 6) is -0.279. The van der Waals surface area contributed by atoms with Crippen LogP contribution in [0.25, 0.3) is 11.4 Å². The van der Waals surface area contributed by atoms with Gasteiger partial charge in [0.15, 0.2) is 5.82 Å². The Hall–Kier alpha value is -4.80. The van der Waals surface area contributed by atoms with Gasteiger partial charge in [-0.2, -0.15) is 18.3 Å². The van der Waals surface area contributed by atoms with Gasteiger partial charge in [-0.1, -0.05) is 24.3 Å². The van der Waals surface area contributed by atoms with E-state index in [0.717, 1.165) is 29.1 Å². The molecule has 0 atom stereocenters. The van der Waals surface area contributed by atoms with Crippen LogP contribution in [-0.4, -0.2) is 49.6 Å². The summed E-state index contributed by atoms with van der Waals surface area (Å²) in [5, 5.41) is 6.94. The predicted octanol–water partition coefficient (Wildman–Crippen LogP) is 5.48. The minimum atomic E-state index is -4.49. The van der Waals surface area contributed by atoms with Crippen molar-refractivity contribution in [3.63, 3.8) is 0 Å². The van der Waals surface area contributed by atoms with Gasteiger partial charge in [-0.25, -0.2) is 9.67 Å². The zero-order valence-corrected chi connectivity index (χ0v) is 21.7. The van der Waals surface area contributed by atoms with Crippen molar-refractivity contribution in [2.24, 2.45) is 0 Å². The van der Waals surface area contributed by atoms with Gasteiger partial charge < -0.3 is 10.2 Å². The van der Waals surface area contributed by atoms with E-state index in [2.05, 4.69) is 20.4 Å². The highest BCUT2D eigenvalue weighted by molar-refractivity contribution is 6.05. The minimum Gasteiger partial charge on any atom is -0.335 e. The van der Waals surface area contributed by atoms with Crippen molar-refractivity contribution in [1.29, 1.82) is 0 Å². The lowest BCUT2D eigenvalue weighted by Gasteiger charge is -2.27. The lowest BCUT2D eigenvalue weighted by molar-refractivity contribution is -0.137. The summed E-state index contributed by atoms with van der Waals surface area (Å²) in [4.78, 5) is 35.9. The fourth-order valence-electron chi connectivity index (χ4n) is 4.55. The Labute approximate surface area is 228 Å². The molecule has 204 valence electrons. The number of aryl methyl sites for hydroxylation is 1. The van der Waals surface area contributed by atoms with Crippen molar-refractivity contribution in [3.05, 3.63) is 107 Å². The lowest BCUT2D eigenvalue weighted by atomic mass is 10.00. The van der Waals surface area contributed by atoms with Gasteiger partial charge in [-0.15, -0.1) is 0 Å².